The molecule has 0 aromatic rings. The van der Waals surface area contributed by atoms with Crippen LogP contribution in [-0.4, -0.2) is 43.0 Å². The van der Waals surface area contributed by atoms with Gasteiger partial charge < -0.3 is 16.0 Å². The van der Waals surface area contributed by atoms with Crippen LogP contribution in [0.25, 0.3) is 0 Å². The number of likely N-dealkylation sites (tertiary alicyclic amines) is 1. The topological polar surface area (TPSA) is 58.4 Å². The van der Waals surface area contributed by atoms with Crippen LogP contribution in [0.2, 0.25) is 0 Å². The van der Waals surface area contributed by atoms with Crippen LogP contribution in [0.5, 0.6) is 0 Å². The van der Waals surface area contributed by atoms with E-state index in [0.29, 0.717) is 13.0 Å². The first kappa shape index (κ1) is 17.7. The average Bonchev–Trinajstić information content (AvgIpc) is 2.14. The largest absolute Gasteiger partial charge is 0.352 e. The number of halogens is 1. The molecule has 1 aliphatic rings. The summed E-state index contributed by atoms with van der Waals surface area (Å²) in [6.45, 7) is 10.4. The van der Waals surface area contributed by atoms with Crippen molar-refractivity contribution in [2.45, 2.75) is 39.7 Å². The Morgan fingerprint density at radius 2 is 1.94 bits per heavy atom. The summed E-state index contributed by atoms with van der Waals surface area (Å²) in [7, 11) is 0. The van der Waals surface area contributed by atoms with Gasteiger partial charge in [0.25, 0.3) is 0 Å². The lowest BCUT2D eigenvalue weighted by molar-refractivity contribution is -0.121. The molecule has 1 aliphatic heterocycles. The summed E-state index contributed by atoms with van der Waals surface area (Å²) < 4.78 is 0. The number of carbonyl (C=O) groups excluding carboxylic acids is 1. The molecule has 0 saturated carbocycles. The van der Waals surface area contributed by atoms with Gasteiger partial charge in [-0.2, -0.15) is 0 Å². The van der Waals surface area contributed by atoms with E-state index < -0.39 is 0 Å². The Morgan fingerprint density at radius 1 is 1.39 bits per heavy atom. The van der Waals surface area contributed by atoms with Gasteiger partial charge in [0.15, 0.2) is 0 Å². The van der Waals surface area contributed by atoms with Crippen LogP contribution in [0, 0.1) is 11.8 Å². The SMILES string of the molecule is CC1CC(C)CN(CC(C)NC(=O)CCN)C1.Cl. The van der Waals surface area contributed by atoms with Crippen LogP contribution in [0.4, 0.5) is 0 Å². The van der Waals surface area contributed by atoms with Gasteiger partial charge in [-0.1, -0.05) is 13.8 Å². The van der Waals surface area contributed by atoms with Gasteiger partial charge in [-0.15, -0.1) is 12.4 Å². The third-order valence-corrected chi connectivity index (χ3v) is 3.26. The highest BCUT2D eigenvalue weighted by molar-refractivity contribution is 5.85. The van der Waals surface area contributed by atoms with E-state index in [-0.39, 0.29) is 24.4 Å². The minimum absolute atomic E-state index is 0. The van der Waals surface area contributed by atoms with E-state index in [1.807, 2.05) is 0 Å². The van der Waals surface area contributed by atoms with Gasteiger partial charge in [-0.25, -0.2) is 0 Å². The Balaban J connectivity index is 0.00000289. The third-order valence-electron chi connectivity index (χ3n) is 3.26. The van der Waals surface area contributed by atoms with Crippen LogP contribution in [0.1, 0.15) is 33.6 Å². The molecular formula is C13H28ClN3O. The van der Waals surface area contributed by atoms with Gasteiger partial charge in [-0.05, 0) is 25.2 Å². The highest BCUT2D eigenvalue weighted by Gasteiger charge is 2.23. The molecule has 0 radical (unpaired) electrons. The fraction of sp³-hybridized carbons (Fsp3) is 0.923. The molecule has 0 aromatic carbocycles. The van der Waals surface area contributed by atoms with Crippen LogP contribution < -0.4 is 11.1 Å². The average molecular weight is 278 g/mol. The third kappa shape index (κ3) is 6.57. The van der Waals surface area contributed by atoms with Crippen molar-refractivity contribution in [1.29, 1.82) is 0 Å². The Hall–Kier alpha value is -0.320. The van der Waals surface area contributed by atoms with E-state index in [4.69, 9.17) is 5.73 Å². The molecule has 0 aromatic heterocycles. The summed E-state index contributed by atoms with van der Waals surface area (Å²) in [6, 6.07) is 0.214. The molecule has 3 atom stereocenters. The molecule has 0 bridgehead atoms. The van der Waals surface area contributed by atoms with Crippen molar-refractivity contribution in [3.8, 4) is 0 Å². The van der Waals surface area contributed by atoms with E-state index in [1.54, 1.807) is 0 Å². The molecule has 1 saturated heterocycles. The molecule has 18 heavy (non-hydrogen) atoms. The van der Waals surface area contributed by atoms with Crippen LogP contribution in [0.3, 0.4) is 0 Å². The molecule has 108 valence electrons. The lowest BCUT2D eigenvalue weighted by Crippen LogP contribution is -2.47. The second kappa shape index (κ2) is 8.73. The van der Waals surface area contributed by atoms with Crippen molar-refractivity contribution in [2.75, 3.05) is 26.2 Å². The number of nitrogens with zero attached hydrogens (tertiary/aromatic N) is 1. The molecule has 5 heteroatoms. The Labute approximate surface area is 117 Å². The minimum atomic E-state index is 0. The summed E-state index contributed by atoms with van der Waals surface area (Å²) in [6.07, 6.45) is 1.75. The van der Waals surface area contributed by atoms with Crippen molar-refractivity contribution in [1.82, 2.24) is 10.2 Å². The normalized spacial score (nSPS) is 26.2. The quantitative estimate of drug-likeness (QED) is 0.795. The maximum absolute atomic E-state index is 11.4. The van der Waals surface area contributed by atoms with Gasteiger partial charge in [0, 0.05) is 38.6 Å². The maximum Gasteiger partial charge on any atom is 0.221 e. The monoisotopic (exact) mass is 277 g/mol. The molecule has 3 N–H and O–H groups in total. The highest BCUT2D eigenvalue weighted by Crippen LogP contribution is 2.20. The molecule has 0 aliphatic carbocycles. The number of carbonyl (C=O) groups is 1. The number of hydrogen-bond donors (Lipinski definition) is 2. The molecule has 1 fully saturated rings. The Kier molecular flexibility index (Phi) is 8.57. The number of hydrogen-bond acceptors (Lipinski definition) is 3. The van der Waals surface area contributed by atoms with Crippen molar-refractivity contribution in [3.63, 3.8) is 0 Å². The van der Waals surface area contributed by atoms with Crippen LogP contribution in [0.15, 0.2) is 0 Å². The first-order valence-electron chi connectivity index (χ1n) is 6.73. The fourth-order valence-electron chi connectivity index (χ4n) is 2.85. The van der Waals surface area contributed by atoms with Gasteiger partial charge in [0.2, 0.25) is 5.91 Å². The van der Waals surface area contributed by atoms with Gasteiger partial charge in [0.05, 0.1) is 0 Å². The molecule has 1 heterocycles. The zero-order valence-corrected chi connectivity index (χ0v) is 12.6. The van der Waals surface area contributed by atoms with E-state index in [0.717, 1.165) is 31.5 Å². The standard InChI is InChI=1S/C13H27N3O.ClH/c1-10-6-11(2)8-16(7-10)9-12(3)15-13(17)4-5-14;/h10-12H,4-9,14H2,1-3H3,(H,15,17);1H. The number of nitrogens with one attached hydrogen (secondary N) is 1. The van der Waals surface area contributed by atoms with E-state index in [9.17, 15) is 4.79 Å². The van der Waals surface area contributed by atoms with Gasteiger partial charge in [0.1, 0.15) is 0 Å². The number of piperidine rings is 1. The zero-order valence-electron chi connectivity index (χ0n) is 11.8. The van der Waals surface area contributed by atoms with E-state index in [1.165, 1.54) is 6.42 Å². The van der Waals surface area contributed by atoms with Crippen LogP contribution in [-0.2, 0) is 4.79 Å². The van der Waals surface area contributed by atoms with E-state index >= 15 is 0 Å². The predicted octanol–water partition coefficient (Wildman–Crippen LogP) is 1.24. The molecular weight excluding hydrogens is 250 g/mol. The van der Waals surface area contributed by atoms with Crippen LogP contribution >= 0.6 is 12.4 Å². The van der Waals surface area contributed by atoms with Crippen molar-refractivity contribution >= 4 is 18.3 Å². The molecule has 4 nitrogen and oxygen atoms in total. The summed E-state index contributed by atoms with van der Waals surface area (Å²) in [5.74, 6) is 1.61. The van der Waals surface area contributed by atoms with Gasteiger partial charge in [-0.3, -0.25) is 4.79 Å². The minimum Gasteiger partial charge on any atom is -0.352 e. The first-order valence-corrected chi connectivity index (χ1v) is 6.73. The van der Waals surface area contributed by atoms with E-state index in [2.05, 4.69) is 31.0 Å². The lowest BCUT2D eigenvalue weighted by atomic mass is 9.92. The van der Waals surface area contributed by atoms with Crippen molar-refractivity contribution in [3.05, 3.63) is 0 Å². The highest BCUT2D eigenvalue weighted by atomic mass is 35.5. The van der Waals surface area contributed by atoms with Crippen molar-refractivity contribution < 1.29 is 4.79 Å². The summed E-state index contributed by atoms with van der Waals surface area (Å²) in [5.41, 5.74) is 5.35. The predicted molar refractivity (Wildman–Crippen MR) is 77.9 cm³/mol. The Bertz CT molecular complexity index is 240. The maximum atomic E-state index is 11.4. The molecule has 1 rings (SSSR count). The second-order valence-corrected chi connectivity index (χ2v) is 5.67. The molecule has 3 unspecified atom stereocenters. The lowest BCUT2D eigenvalue weighted by Gasteiger charge is -2.36. The summed E-state index contributed by atoms with van der Waals surface area (Å²) >= 11 is 0. The zero-order chi connectivity index (χ0) is 12.8. The second-order valence-electron chi connectivity index (χ2n) is 5.67. The summed E-state index contributed by atoms with van der Waals surface area (Å²) in [4.78, 5) is 13.9. The smallest absolute Gasteiger partial charge is 0.221 e. The molecule has 1 amide bonds. The Morgan fingerprint density at radius 3 is 2.44 bits per heavy atom. The number of rotatable bonds is 5. The van der Waals surface area contributed by atoms with Crippen molar-refractivity contribution in [2.24, 2.45) is 17.6 Å². The fourth-order valence-corrected chi connectivity index (χ4v) is 2.85. The number of nitrogens with two attached hydrogens (primary N) is 1. The number of amides is 1. The summed E-state index contributed by atoms with van der Waals surface area (Å²) in [5, 5.41) is 3.00. The first-order chi connectivity index (χ1) is 8.01. The van der Waals surface area contributed by atoms with Gasteiger partial charge >= 0.3 is 0 Å². The molecule has 0 spiro atoms.